The lowest BCUT2D eigenvalue weighted by atomic mass is 10.1. The number of rotatable bonds is 5. The Hall–Kier alpha value is -3.86. The number of amides is 1. The van der Waals surface area contributed by atoms with Crippen LogP contribution in [0.4, 0.5) is 5.69 Å². The molecular formula is C26H24N2O3. The Kier molecular flexibility index (Phi) is 5.58. The number of aromatic nitrogens is 1. The van der Waals surface area contributed by atoms with Crippen LogP contribution in [0.25, 0.3) is 10.9 Å². The molecule has 5 heteroatoms. The fourth-order valence-electron chi connectivity index (χ4n) is 3.64. The summed E-state index contributed by atoms with van der Waals surface area (Å²) in [4.78, 5) is 30.8. The van der Waals surface area contributed by atoms with Crippen LogP contribution in [0.5, 0.6) is 5.75 Å². The average Bonchev–Trinajstić information content (AvgIpc) is 2.77. The summed E-state index contributed by atoms with van der Waals surface area (Å²) in [5.41, 5.74) is 4.47. The van der Waals surface area contributed by atoms with Gasteiger partial charge in [0.15, 0.2) is 0 Å². The highest BCUT2D eigenvalue weighted by atomic mass is 16.5. The zero-order chi connectivity index (χ0) is 22.0. The van der Waals surface area contributed by atoms with Gasteiger partial charge in [-0.3, -0.25) is 9.59 Å². The van der Waals surface area contributed by atoms with E-state index in [0.717, 1.165) is 22.0 Å². The second kappa shape index (κ2) is 8.48. The Morgan fingerprint density at radius 3 is 2.39 bits per heavy atom. The molecule has 0 spiro atoms. The van der Waals surface area contributed by atoms with Gasteiger partial charge in [0.05, 0.1) is 13.7 Å². The van der Waals surface area contributed by atoms with Crippen molar-refractivity contribution in [3.63, 3.8) is 0 Å². The van der Waals surface area contributed by atoms with Crippen molar-refractivity contribution < 1.29 is 9.53 Å². The van der Waals surface area contributed by atoms with E-state index in [1.54, 1.807) is 30.2 Å². The topological polar surface area (TPSA) is 62.4 Å². The third kappa shape index (κ3) is 4.36. The second-order valence-corrected chi connectivity index (χ2v) is 7.67. The van der Waals surface area contributed by atoms with Crippen LogP contribution >= 0.6 is 0 Å². The summed E-state index contributed by atoms with van der Waals surface area (Å²) in [5.74, 6) is 0.531. The summed E-state index contributed by atoms with van der Waals surface area (Å²) in [6, 6.07) is 22.5. The summed E-state index contributed by atoms with van der Waals surface area (Å²) in [6.45, 7) is 4.11. The van der Waals surface area contributed by atoms with Crippen molar-refractivity contribution in [2.24, 2.45) is 0 Å². The normalized spacial score (nSPS) is 10.8. The molecule has 0 atom stereocenters. The molecule has 0 fully saturated rings. The number of methoxy groups -OCH3 is 1. The highest BCUT2D eigenvalue weighted by Crippen LogP contribution is 2.24. The number of fused-ring (bicyclic) bond motifs is 1. The van der Waals surface area contributed by atoms with Crippen LogP contribution in [-0.4, -0.2) is 18.0 Å². The minimum atomic E-state index is -0.202. The molecule has 1 N–H and O–H groups in total. The fourth-order valence-corrected chi connectivity index (χ4v) is 3.64. The average molecular weight is 412 g/mol. The number of nitrogens with zero attached hydrogens (tertiary/aromatic N) is 1. The summed E-state index contributed by atoms with van der Waals surface area (Å²) in [5, 5.41) is 0.937. The van der Waals surface area contributed by atoms with Gasteiger partial charge in [0.2, 0.25) is 0 Å². The molecule has 0 aliphatic rings. The first-order chi connectivity index (χ1) is 14.9. The van der Waals surface area contributed by atoms with Gasteiger partial charge in [0.1, 0.15) is 5.75 Å². The van der Waals surface area contributed by atoms with Crippen molar-refractivity contribution in [2.45, 2.75) is 20.4 Å². The number of aryl methyl sites for hydroxylation is 2. The predicted octanol–water partition coefficient (Wildman–Crippen LogP) is 5.00. The maximum absolute atomic E-state index is 13.5. The predicted molar refractivity (Wildman–Crippen MR) is 124 cm³/mol. The van der Waals surface area contributed by atoms with Gasteiger partial charge in [0, 0.05) is 22.3 Å². The van der Waals surface area contributed by atoms with Crippen LogP contribution in [0.2, 0.25) is 0 Å². The number of aromatic amines is 1. The summed E-state index contributed by atoms with van der Waals surface area (Å²) in [6.07, 6.45) is 0. The maximum atomic E-state index is 13.5. The van der Waals surface area contributed by atoms with Crippen LogP contribution < -0.4 is 15.2 Å². The molecule has 31 heavy (non-hydrogen) atoms. The lowest BCUT2D eigenvalue weighted by Crippen LogP contribution is -2.33. The van der Waals surface area contributed by atoms with Crippen LogP contribution in [0.3, 0.4) is 0 Å². The standard InChI is InChI=1S/C26H24N2O3/c1-17-5-4-6-19(13-17)26(30)28(22-8-10-23(31-3)11-9-22)16-21-15-20-14-18(2)7-12-24(20)27-25(21)29/h4-15H,16H2,1-3H3,(H,27,29). The number of carbonyl (C=O) groups is 1. The van der Waals surface area contributed by atoms with Gasteiger partial charge in [-0.2, -0.15) is 0 Å². The summed E-state index contributed by atoms with van der Waals surface area (Å²) >= 11 is 0. The lowest BCUT2D eigenvalue weighted by Gasteiger charge is -2.23. The van der Waals surface area contributed by atoms with Gasteiger partial charge in [-0.15, -0.1) is 0 Å². The Labute approximate surface area is 180 Å². The number of hydrogen-bond acceptors (Lipinski definition) is 3. The van der Waals surface area contributed by atoms with E-state index in [0.29, 0.717) is 22.6 Å². The van der Waals surface area contributed by atoms with Gasteiger partial charge in [-0.05, 0) is 73.8 Å². The number of hydrogen-bond donors (Lipinski definition) is 1. The van der Waals surface area contributed by atoms with Crippen molar-refractivity contribution in [3.05, 3.63) is 105 Å². The van der Waals surface area contributed by atoms with Crippen LogP contribution in [0.1, 0.15) is 27.0 Å². The molecule has 0 saturated carbocycles. The highest BCUT2D eigenvalue weighted by molar-refractivity contribution is 6.06. The SMILES string of the molecule is COc1ccc(N(Cc2cc3cc(C)ccc3[nH]c2=O)C(=O)c2cccc(C)c2)cc1. The second-order valence-electron chi connectivity index (χ2n) is 7.67. The maximum Gasteiger partial charge on any atom is 0.258 e. The molecule has 0 aliphatic carbocycles. The van der Waals surface area contributed by atoms with Crippen LogP contribution in [0, 0.1) is 13.8 Å². The molecule has 3 aromatic carbocycles. The Morgan fingerprint density at radius 2 is 1.68 bits per heavy atom. The number of benzene rings is 3. The molecule has 1 heterocycles. The first kappa shape index (κ1) is 20.4. The summed E-state index contributed by atoms with van der Waals surface area (Å²) < 4.78 is 5.25. The minimum absolute atomic E-state index is 0.151. The van der Waals surface area contributed by atoms with E-state index >= 15 is 0 Å². The van der Waals surface area contributed by atoms with Gasteiger partial charge < -0.3 is 14.6 Å². The Morgan fingerprint density at radius 1 is 0.935 bits per heavy atom. The molecule has 4 rings (SSSR count). The Balaban J connectivity index is 1.78. The van der Waals surface area contributed by atoms with Crippen molar-refractivity contribution in [1.29, 1.82) is 0 Å². The number of pyridine rings is 1. The third-order valence-corrected chi connectivity index (χ3v) is 5.30. The zero-order valence-corrected chi connectivity index (χ0v) is 17.8. The van der Waals surface area contributed by atoms with E-state index in [1.807, 2.05) is 68.4 Å². The van der Waals surface area contributed by atoms with Crippen molar-refractivity contribution in [3.8, 4) is 5.75 Å². The van der Waals surface area contributed by atoms with Gasteiger partial charge in [-0.25, -0.2) is 0 Å². The largest absolute Gasteiger partial charge is 0.497 e. The highest BCUT2D eigenvalue weighted by Gasteiger charge is 2.20. The number of carbonyl (C=O) groups excluding carboxylic acids is 1. The quantitative estimate of drug-likeness (QED) is 0.502. The molecule has 0 aliphatic heterocycles. The smallest absolute Gasteiger partial charge is 0.258 e. The third-order valence-electron chi connectivity index (χ3n) is 5.30. The monoisotopic (exact) mass is 412 g/mol. The molecule has 0 radical (unpaired) electrons. The molecule has 0 bridgehead atoms. The number of nitrogens with one attached hydrogen (secondary N) is 1. The van der Waals surface area contributed by atoms with Crippen LogP contribution in [-0.2, 0) is 6.54 Å². The summed E-state index contributed by atoms with van der Waals surface area (Å²) in [7, 11) is 1.60. The molecular weight excluding hydrogens is 388 g/mol. The molecule has 0 unspecified atom stereocenters. The van der Waals surface area contributed by atoms with E-state index in [9.17, 15) is 9.59 Å². The fraction of sp³-hybridized carbons (Fsp3) is 0.154. The molecule has 156 valence electrons. The van der Waals surface area contributed by atoms with Crippen molar-refractivity contribution >= 4 is 22.5 Å². The first-order valence-corrected chi connectivity index (χ1v) is 10.1. The molecule has 0 saturated heterocycles. The number of H-pyrrole nitrogens is 1. The van der Waals surface area contributed by atoms with Crippen LogP contribution in [0.15, 0.2) is 77.6 Å². The number of ether oxygens (including phenoxy) is 1. The van der Waals surface area contributed by atoms with Crippen molar-refractivity contribution in [1.82, 2.24) is 4.98 Å². The first-order valence-electron chi connectivity index (χ1n) is 10.1. The van der Waals surface area contributed by atoms with Gasteiger partial charge >= 0.3 is 0 Å². The van der Waals surface area contributed by atoms with Crippen molar-refractivity contribution in [2.75, 3.05) is 12.0 Å². The lowest BCUT2D eigenvalue weighted by molar-refractivity contribution is 0.0985. The van der Waals surface area contributed by atoms with E-state index in [-0.39, 0.29) is 18.0 Å². The molecule has 1 aromatic heterocycles. The van der Waals surface area contributed by atoms with E-state index in [1.165, 1.54) is 0 Å². The van der Waals surface area contributed by atoms with Gasteiger partial charge in [-0.1, -0.05) is 29.3 Å². The van der Waals surface area contributed by atoms with E-state index in [2.05, 4.69) is 4.98 Å². The van der Waals surface area contributed by atoms with E-state index in [4.69, 9.17) is 4.74 Å². The van der Waals surface area contributed by atoms with Gasteiger partial charge in [0.25, 0.3) is 11.5 Å². The van der Waals surface area contributed by atoms with E-state index < -0.39 is 0 Å². The molecule has 4 aromatic rings. The molecule has 1 amide bonds. The Bertz CT molecular complexity index is 1310. The molecule has 5 nitrogen and oxygen atoms in total. The number of anilines is 1. The minimum Gasteiger partial charge on any atom is -0.497 e. The zero-order valence-electron chi connectivity index (χ0n) is 17.8.